The van der Waals surface area contributed by atoms with Crippen LogP contribution in [0.3, 0.4) is 0 Å². The van der Waals surface area contributed by atoms with E-state index in [2.05, 4.69) is 5.32 Å². The van der Waals surface area contributed by atoms with Crippen LogP contribution in [0.1, 0.15) is 45.1 Å². The van der Waals surface area contributed by atoms with Gasteiger partial charge < -0.3 is 9.64 Å². The summed E-state index contributed by atoms with van der Waals surface area (Å²) in [5, 5.41) is 2.39. The van der Waals surface area contributed by atoms with Crippen molar-refractivity contribution < 1.29 is 19.1 Å². The summed E-state index contributed by atoms with van der Waals surface area (Å²) < 4.78 is 5.98. The molecule has 1 aliphatic carbocycles. The molecule has 1 heterocycles. The van der Waals surface area contributed by atoms with Crippen LogP contribution in [0, 0.1) is 5.41 Å². The lowest BCUT2D eigenvalue weighted by Crippen LogP contribution is -2.51. The summed E-state index contributed by atoms with van der Waals surface area (Å²) in [5.74, 6) is -0.0281. The standard InChI is InChI=1S/C20H26N2O4/c1-19(2)17(24)21-18(25)22(19)13-20(10-8-16(23)9-11-20)14-26-12-15-6-4-3-5-7-15/h3-7H,8-14H2,1-2H3,(H,21,24,25). The largest absolute Gasteiger partial charge is 0.376 e. The lowest BCUT2D eigenvalue weighted by Gasteiger charge is -2.42. The molecule has 1 aromatic rings. The van der Waals surface area contributed by atoms with Crippen LogP contribution in [-0.2, 0) is 20.9 Å². The number of ether oxygens (including phenoxy) is 1. The van der Waals surface area contributed by atoms with E-state index in [1.54, 1.807) is 18.7 Å². The van der Waals surface area contributed by atoms with Crippen molar-refractivity contribution >= 4 is 17.7 Å². The fraction of sp³-hybridized carbons (Fsp3) is 0.550. The van der Waals surface area contributed by atoms with Gasteiger partial charge in [-0.15, -0.1) is 0 Å². The van der Waals surface area contributed by atoms with Crippen molar-refractivity contribution in [1.29, 1.82) is 0 Å². The zero-order valence-electron chi connectivity index (χ0n) is 15.4. The number of urea groups is 1. The third-order valence-electron chi connectivity index (χ3n) is 5.58. The van der Waals surface area contributed by atoms with Crippen LogP contribution in [0.25, 0.3) is 0 Å². The molecule has 0 bridgehead atoms. The van der Waals surface area contributed by atoms with Crippen LogP contribution in [0.2, 0.25) is 0 Å². The zero-order valence-corrected chi connectivity index (χ0v) is 15.4. The number of Topliss-reactive ketones (excluding diaryl/α,β-unsaturated/α-hetero) is 1. The monoisotopic (exact) mass is 358 g/mol. The van der Waals surface area contributed by atoms with Crippen molar-refractivity contribution in [2.45, 2.75) is 51.7 Å². The van der Waals surface area contributed by atoms with Gasteiger partial charge in [0.05, 0.1) is 13.2 Å². The first-order chi connectivity index (χ1) is 12.3. The lowest BCUT2D eigenvalue weighted by atomic mass is 9.73. The molecule has 1 saturated carbocycles. The number of rotatable bonds is 6. The number of imide groups is 1. The maximum absolute atomic E-state index is 12.3. The number of ketones is 1. The van der Waals surface area contributed by atoms with E-state index < -0.39 is 5.54 Å². The second-order valence-electron chi connectivity index (χ2n) is 7.92. The maximum Gasteiger partial charge on any atom is 0.325 e. The third-order valence-corrected chi connectivity index (χ3v) is 5.58. The molecular weight excluding hydrogens is 332 g/mol. The molecule has 0 spiro atoms. The Kier molecular flexibility index (Phi) is 5.14. The van der Waals surface area contributed by atoms with Crippen molar-refractivity contribution in [3.63, 3.8) is 0 Å². The first-order valence-electron chi connectivity index (χ1n) is 9.09. The van der Waals surface area contributed by atoms with E-state index in [1.807, 2.05) is 30.3 Å². The van der Waals surface area contributed by atoms with Crippen molar-refractivity contribution in [2.75, 3.05) is 13.2 Å². The van der Waals surface area contributed by atoms with Gasteiger partial charge in [0.2, 0.25) is 0 Å². The fourth-order valence-electron chi connectivity index (χ4n) is 3.67. The van der Waals surface area contributed by atoms with E-state index in [4.69, 9.17) is 4.74 Å². The van der Waals surface area contributed by atoms with Crippen molar-refractivity contribution in [3.05, 3.63) is 35.9 Å². The Labute approximate surface area is 153 Å². The SMILES string of the molecule is CC1(C)C(=O)NC(=O)N1CC1(COCc2ccccc2)CCC(=O)CC1. The normalized spacial score (nSPS) is 21.8. The van der Waals surface area contributed by atoms with Crippen LogP contribution in [-0.4, -0.2) is 41.3 Å². The second kappa shape index (κ2) is 7.19. The van der Waals surface area contributed by atoms with Gasteiger partial charge in [-0.25, -0.2) is 4.79 Å². The van der Waals surface area contributed by atoms with Crippen molar-refractivity contribution in [2.24, 2.45) is 5.41 Å². The molecule has 1 saturated heterocycles. The molecule has 1 aliphatic heterocycles. The summed E-state index contributed by atoms with van der Waals surface area (Å²) in [6.45, 7) is 4.87. The molecule has 3 rings (SSSR count). The quantitative estimate of drug-likeness (QED) is 0.793. The van der Waals surface area contributed by atoms with Gasteiger partial charge in [0.15, 0.2) is 0 Å². The van der Waals surface area contributed by atoms with Crippen LogP contribution < -0.4 is 5.32 Å². The molecule has 6 nitrogen and oxygen atoms in total. The van der Waals surface area contributed by atoms with Crippen LogP contribution in [0.5, 0.6) is 0 Å². The van der Waals surface area contributed by atoms with Crippen LogP contribution in [0.4, 0.5) is 4.79 Å². The average molecular weight is 358 g/mol. The predicted molar refractivity (Wildman–Crippen MR) is 96.3 cm³/mol. The minimum absolute atomic E-state index is 0.255. The number of carbonyl (C=O) groups is 3. The van der Waals surface area contributed by atoms with Gasteiger partial charge in [-0.05, 0) is 32.3 Å². The molecule has 2 aliphatic rings. The summed E-state index contributed by atoms with van der Waals surface area (Å²) in [7, 11) is 0. The van der Waals surface area contributed by atoms with Gasteiger partial charge in [0.25, 0.3) is 5.91 Å². The molecule has 6 heteroatoms. The van der Waals surface area contributed by atoms with E-state index in [1.165, 1.54) is 0 Å². The van der Waals surface area contributed by atoms with Crippen molar-refractivity contribution in [3.8, 4) is 0 Å². The van der Waals surface area contributed by atoms with Gasteiger partial charge in [0.1, 0.15) is 11.3 Å². The molecule has 1 aromatic carbocycles. The molecule has 0 aromatic heterocycles. The summed E-state index contributed by atoms with van der Waals surface area (Å²) in [6, 6.07) is 9.55. The number of hydrogen-bond acceptors (Lipinski definition) is 4. The van der Waals surface area contributed by atoms with E-state index in [0.29, 0.717) is 45.4 Å². The summed E-state index contributed by atoms with van der Waals surface area (Å²) in [5.41, 5.74) is -0.101. The number of carbonyl (C=O) groups excluding carboxylic acids is 3. The van der Waals surface area contributed by atoms with Gasteiger partial charge in [-0.1, -0.05) is 30.3 Å². The van der Waals surface area contributed by atoms with Gasteiger partial charge >= 0.3 is 6.03 Å². The Morgan fingerprint density at radius 1 is 1.08 bits per heavy atom. The van der Waals surface area contributed by atoms with Gasteiger partial charge in [-0.2, -0.15) is 0 Å². The Balaban J connectivity index is 1.71. The topological polar surface area (TPSA) is 75.7 Å². The first kappa shape index (κ1) is 18.6. The van der Waals surface area contributed by atoms with Crippen LogP contribution >= 0.6 is 0 Å². The fourth-order valence-corrected chi connectivity index (χ4v) is 3.67. The molecule has 0 radical (unpaired) electrons. The van der Waals surface area contributed by atoms with E-state index in [-0.39, 0.29) is 23.1 Å². The Bertz CT molecular complexity index is 689. The number of nitrogens with zero attached hydrogens (tertiary/aromatic N) is 1. The molecule has 140 valence electrons. The Morgan fingerprint density at radius 2 is 1.73 bits per heavy atom. The first-order valence-corrected chi connectivity index (χ1v) is 9.09. The number of nitrogens with one attached hydrogen (secondary N) is 1. The minimum atomic E-state index is -0.884. The summed E-state index contributed by atoms with van der Waals surface area (Å²) >= 11 is 0. The highest BCUT2D eigenvalue weighted by Gasteiger charge is 2.49. The molecule has 26 heavy (non-hydrogen) atoms. The highest BCUT2D eigenvalue weighted by Crippen LogP contribution is 2.38. The molecule has 0 atom stereocenters. The predicted octanol–water partition coefficient (Wildman–Crippen LogP) is 2.66. The molecule has 1 N–H and O–H groups in total. The average Bonchev–Trinajstić information content (AvgIpc) is 2.80. The summed E-state index contributed by atoms with van der Waals surface area (Å²) in [4.78, 5) is 37.7. The van der Waals surface area contributed by atoms with E-state index in [0.717, 1.165) is 5.56 Å². The van der Waals surface area contributed by atoms with Gasteiger partial charge in [-0.3, -0.25) is 14.9 Å². The van der Waals surface area contributed by atoms with Crippen LogP contribution in [0.15, 0.2) is 30.3 Å². The van der Waals surface area contributed by atoms with Gasteiger partial charge in [0, 0.05) is 24.8 Å². The lowest BCUT2D eigenvalue weighted by molar-refractivity contribution is -0.128. The maximum atomic E-state index is 12.3. The molecule has 0 unspecified atom stereocenters. The Hall–Kier alpha value is -2.21. The third kappa shape index (κ3) is 3.80. The van der Waals surface area contributed by atoms with E-state index in [9.17, 15) is 14.4 Å². The Morgan fingerprint density at radius 3 is 2.31 bits per heavy atom. The smallest absolute Gasteiger partial charge is 0.325 e. The molecule has 2 fully saturated rings. The summed E-state index contributed by atoms with van der Waals surface area (Å²) in [6.07, 6.45) is 2.35. The highest BCUT2D eigenvalue weighted by atomic mass is 16.5. The number of amides is 3. The number of hydrogen-bond donors (Lipinski definition) is 1. The minimum Gasteiger partial charge on any atom is -0.376 e. The highest BCUT2D eigenvalue weighted by molar-refractivity contribution is 6.06. The molecular formula is C20H26N2O4. The molecule has 3 amide bonds. The van der Waals surface area contributed by atoms with E-state index >= 15 is 0 Å². The number of benzene rings is 1. The van der Waals surface area contributed by atoms with Crippen molar-refractivity contribution in [1.82, 2.24) is 10.2 Å². The zero-order chi connectivity index (χ0) is 18.8. The second-order valence-corrected chi connectivity index (χ2v) is 7.92.